The molecule has 1 saturated heterocycles. The Morgan fingerprint density at radius 3 is 2.42 bits per heavy atom. The number of ketones is 1. The van der Waals surface area contributed by atoms with Crippen LogP contribution in [0.2, 0.25) is 0 Å². The Morgan fingerprint density at radius 2 is 1.75 bits per heavy atom. The second-order valence-electron chi connectivity index (χ2n) is 10.1. The highest BCUT2D eigenvalue weighted by Gasteiger charge is 2.46. The molecule has 0 aromatic heterocycles. The van der Waals surface area contributed by atoms with E-state index in [-0.39, 0.29) is 22.8 Å². The van der Waals surface area contributed by atoms with E-state index in [1.807, 2.05) is 44.1 Å². The molecule has 40 heavy (non-hydrogen) atoms. The lowest BCUT2D eigenvalue weighted by molar-refractivity contribution is -0.139. The predicted molar refractivity (Wildman–Crippen MR) is 153 cm³/mol. The zero-order valence-electron chi connectivity index (χ0n) is 23.4. The first-order chi connectivity index (χ1) is 19.2. The summed E-state index contributed by atoms with van der Waals surface area (Å²) in [7, 11) is 3.88. The summed E-state index contributed by atoms with van der Waals surface area (Å²) in [6.07, 6.45) is 0.639. The normalized spacial score (nSPS) is 16.5. The van der Waals surface area contributed by atoms with E-state index in [0.29, 0.717) is 43.1 Å². The molecule has 1 aliphatic rings. The molecule has 3 aromatic carbocycles. The van der Waals surface area contributed by atoms with Gasteiger partial charge in [-0.2, -0.15) is 0 Å². The number of aryl methyl sites for hydroxylation is 1. The lowest BCUT2D eigenvalue weighted by Crippen LogP contribution is -2.32. The maximum atomic E-state index is 13.3. The quantitative estimate of drug-likeness (QED) is 0.198. The van der Waals surface area contributed by atoms with Crippen LogP contribution >= 0.6 is 0 Å². The van der Waals surface area contributed by atoms with Gasteiger partial charge in [-0.15, -0.1) is 0 Å². The van der Waals surface area contributed by atoms with Crippen molar-refractivity contribution in [3.8, 4) is 17.2 Å². The number of benzene rings is 3. The van der Waals surface area contributed by atoms with E-state index >= 15 is 0 Å². The number of likely N-dealkylation sites (tertiary alicyclic amines) is 1. The monoisotopic (exact) mass is 544 g/mol. The van der Waals surface area contributed by atoms with Gasteiger partial charge in [0.25, 0.3) is 11.7 Å². The minimum absolute atomic E-state index is 0.00331. The number of rotatable bonds is 11. The maximum absolute atomic E-state index is 13.3. The van der Waals surface area contributed by atoms with Crippen molar-refractivity contribution < 1.29 is 29.3 Å². The minimum Gasteiger partial charge on any atom is -0.507 e. The smallest absolute Gasteiger partial charge is 0.295 e. The molecular formula is C32H36N2O6. The second kappa shape index (κ2) is 12.7. The van der Waals surface area contributed by atoms with E-state index in [2.05, 4.69) is 6.07 Å². The molecule has 1 aliphatic heterocycles. The molecule has 8 nitrogen and oxygen atoms in total. The number of Topliss-reactive ketones (excluding diaryl/α,β-unsaturated/α-hetero) is 1. The number of amides is 1. The van der Waals surface area contributed by atoms with E-state index in [1.165, 1.54) is 11.0 Å². The largest absolute Gasteiger partial charge is 0.507 e. The van der Waals surface area contributed by atoms with Gasteiger partial charge in [0.2, 0.25) is 0 Å². The zero-order valence-corrected chi connectivity index (χ0v) is 23.4. The first-order valence-electron chi connectivity index (χ1n) is 13.4. The fourth-order valence-corrected chi connectivity index (χ4v) is 4.82. The van der Waals surface area contributed by atoms with Gasteiger partial charge in [-0.05, 0) is 88.4 Å². The first-order valence-corrected chi connectivity index (χ1v) is 13.4. The van der Waals surface area contributed by atoms with Crippen LogP contribution in [0.15, 0.2) is 72.3 Å². The maximum Gasteiger partial charge on any atom is 0.295 e. The van der Waals surface area contributed by atoms with Crippen molar-refractivity contribution in [1.29, 1.82) is 0 Å². The number of phenols is 1. The molecule has 3 aromatic rings. The van der Waals surface area contributed by atoms with Crippen LogP contribution in [0.3, 0.4) is 0 Å². The summed E-state index contributed by atoms with van der Waals surface area (Å²) in [6, 6.07) is 18.7. The molecule has 2 N–H and O–H groups in total. The van der Waals surface area contributed by atoms with Crippen molar-refractivity contribution in [2.45, 2.75) is 32.9 Å². The number of nitrogens with zero attached hydrogens (tertiary/aromatic N) is 2. The minimum atomic E-state index is -0.834. The van der Waals surface area contributed by atoms with Crippen LogP contribution in [0.25, 0.3) is 5.76 Å². The van der Waals surface area contributed by atoms with Crippen LogP contribution in [-0.4, -0.2) is 65.5 Å². The van der Waals surface area contributed by atoms with Crippen molar-refractivity contribution in [2.75, 3.05) is 33.8 Å². The summed E-state index contributed by atoms with van der Waals surface area (Å²) in [6.45, 7) is 5.59. The molecule has 0 radical (unpaired) electrons. The number of ether oxygens (including phenoxy) is 2. The average molecular weight is 545 g/mol. The number of phenolic OH excluding ortho intramolecular Hbond substituents is 1. The number of carbonyl (C=O) groups excluding carboxylic acids is 2. The molecule has 210 valence electrons. The Labute approximate surface area is 235 Å². The average Bonchev–Trinajstić information content (AvgIpc) is 3.18. The number of aliphatic hydroxyl groups excluding tert-OH is 1. The topological polar surface area (TPSA) is 99.5 Å². The molecule has 4 rings (SSSR count). The number of aliphatic hydroxyl groups is 1. The molecule has 1 atom stereocenters. The van der Waals surface area contributed by atoms with Gasteiger partial charge in [0.15, 0.2) is 11.5 Å². The van der Waals surface area contributed by atoms with Gasteiger partial charge in [-0.3, -0.25) is 9.59 Å². The van der Waals surface area contributed by atoms with Gasteiger partial charge < -0.3 is 29.5 Å². The summed E-state index contributed by atoms with van der Waals surface area (Å²) >= 11 is 0. The Hall–Kier alpha value is -4.30. The molecule has 0 spiro atoms. The number of hydrogen-bond donors (Lipinski definition) is 2. The van der Waals surface area contributed by atoms with Crippen molar-refractivity contribution in [1.82, 2.24) is 9.80 Å². The number of carbonyl (C=O) groups is 2. The highest BCUT2D eigenvalue weighted by molar-refractivity contribution is 6.46. The van der Waals surface area contributed by atoms with Crippen LogP contribution in [0, 0.1) is 6.92 Å². The molecule has 1 heterocycles. The summed E-state index contributed by atoms with van der Waals surface area (Å²) in [5.41, 5.74) is 3.14. The fraction of sp³-hybridized carbons (Fsp3) is 0.312. The first kappa shape index (κ1) is 28.7. The molecule has 0 bridgehead atoms. The van der Waals surface area contributed by atoms with Crippen molar-refractivity contribution >= 4 is 17.4 Å². The molecule has 1 amide bonds. The Balaban J connectivity index is 1.67. The molecular weight excluding hydrogens is 508 g/mol. The molecule has 0 unspecified atom stereocenters. The summed E-state index contributed by atoms with van der Waals surface area (Å²) < 4.78 is 11.5. The van der Waals surface area contributed by atoms with Gasteiger partial charge in [0, 0.05) is 12.1 Å². The number of aromatic hydroxyl groups is 1. The zero-order chi connectivity index (χ0) is 28.8. The van der Waals surface area contributed by atoms with Crippen molar-refractivity contribution in [2.24, 2.45) is 0 Å². The Kier molecular flexibility index (Phi) is 9.11. The van der Waals surface area contributed by atoms with Crippen LogP contribution in [-0.2, 0) is 16.2 Å². The van der Waals surface area contributed by atoms with Crippen LogP contribution in [0.4, 0.5) is 0 Å². The molecule has 8 heteroatoms. The lowest BCUT2D eigenvalue weighted by Gasteiger charge is -2.26. The fourth-order valence-electron chi connectivity index (χ4n) is 4.82. The van der Waals surface area contributed by atoms with Gasteiger partial charge in [-0.1, -0.05) is 35.9 Å². The highest BCUT2D eigenvalue weighted by Crippen LogP contribution is 2.42. The third-order valence-electron chi connectivity index (χ3n) is 6.76. The van der Waals surface area contributed by atoms with E-state index in [0.717, 1.165) is 17.7 Å². The van der Waals surface area contributed by atoms with Crippen molar-refractivity contribution in [3.05, 3.63) is 94.6 Å². The van der Waals surface area contributed by atoms with Crippen LogP contribution < -0.4 is 9.47 Å². The van der Waals surface area contributed by atoms with E-state index in [1.54, 1.807) is 43.3 Å². The van der Waals surface area contributed by atoms with Gasteiger partial charge in [-0.25, -0.2) is 0 Å². The summed E-state index contributed by atoms with van der Waals surface area (Å²) in [5.74, 6) is -0.883. The lowest BCUT2D eigenvalue weighted by atomic mass is 9.95. The van der Waals surface area contributed by atoms with Gasteiger partial charge in [0.05, 0.1) is 18.2 Å². The molecule has 0 saturated carbocycles. The highest BCUT2D eigenvalue weighted by atomic mass is 16.5. The van der Waals surface area contributed by atoms with Crippen LogP contribution in [0.1, 0.15) is 41.6 Å². The summed E-state index contributed by atoms with van der Waals surface area (Å²) in [4.78, 5) is 30.0. The van der Waals surface area contributed by atoms with Gasteiger partial charge >= 0.3 is 0 Å². The third-order valence-corrected chi connectivity index (χ3v) is 6.76. The van der Waals surface area contributed by atoms with Crippen LogP contribution in [0.5, 0.6) is 17.2 Å². The Morgan fingerprint density at radius 1 is 1.00 bits per heavy atom. The third kappa shape index (κ3) is 6.46. The predicted octanol–water partition coefficient (Wildman–Crippen LogP) is 5.05. The van der Waals surface area contributed by atoms with E-state index < -0.39 is 17.7 Å². The second-order valence-corrected chi connectivity index (χ2v) is 10.1. The standard InChI is InChI=1S/C32H36N2O6/c1-5-39-27-19-24(12-15-26(27)35)29-28(31(37)32(38)34(29)17-7-16-33(3)4)30(36)23-10-13-25(14-11-23)40-20-22-9-6-8-21(2)18-22/h6,8-15,18-19,29,35-36H,5,7,16-17,20H2,1-4H3/t29-/m0/s1. The SMILES string of the molecule is CCOc1cc([C@H]2C(=C(O)c3ccc(OCc4cccc(C)c4)cc3)C(=O)C(=O)N2CCCN(C)C)ccc1O. The molecule has 1 fully saturated rings. The van der Waals surface area contributed by atoms with Crippen molar-refractivity contribution in [3.63, 3.8) is 0 Å². The Bertz CT molecular complexity index is 1400. The number of hydrogen-bond acceptors (Lipinski definition) is 7. The summed E-state index contributed by atoms with van der Waals surface area (Å²) in [5, 5.41) is 21.6. The van der Waals surface area contributed by atoms with E-state index in [4.69, 9.17) is 9.47 Å². The van der Waals surface area contributed by atoms with Gasteiger partial charge in [0.1, 0.15) is 18.1 Å². The molecule has 0 aliphatic carbocycles. The van der Waals surface area contributed by atoms with E-state index in [9.17, 15) is 19.8 Å².